The van der Waals surface area contributed by atoms with Crippen LogP contribution in [-0.2, 0) is 30.3 Å². The number of aromatic hydroxyl groups is 1. The van der Waals surface area contributed by atoms with Gasteiger partial charge in [0.2, 0.25) is 0 Å². The number of carbonyl (C=O) groups excluding carboxylic acids is 2. The van der Waals surface area contributed by atoms with Crippen molar-refractivity contribution in [3.63, 3.8) is 0 Å². The summed E-state index contributed by atoms with van der Waals surface area (Å²) in [6, 6.07) is 6.59. The number of carboxylic acids is 1. The maximum atomic E-state index is 13.1. The van der Waals surface area contributed by atoms with Gasteiger partial charge in [-0.1, -0.05) is 26.0 Å². The monoisotopic (exact) mass is 610 g/mol. The summed E-state index contributed by atoms with van der Waals surface area (Å²) in [5.74, 6) is -1.56. The van der Waals surface area contributed by atoms with E-state index < -0.39 is 29.0 Å². The molecule has 0 amide bonds. The maximum Gasteiger partial charge on any atom is 0.331 e. The van der Waals surface area contributed by atoms with Crippen LogP contribution in [0.4, 0.5) is 0 Å². The Balaban J connectivity index is 1.11. The van der Waals surface area contributed by atoms with Gasteiger partial charge in [0, 0.05) is 24.3 Å². The van der Waals surface area contributed by atoms with Crippen LogP contribution in [-0.4, -0.2) is 62.7 Å². The predicted molar refractivity (Wildman–Crippen MR) is 159 cm³/mol. The molecule has 2 unspecified atom stereocenters. The summed E-state index contributed by atoms with van der Waals surface area (Å²) in [4.78, 5) is 36.4. The van der Waals surface area contributed by atoms with Gasteiger partial charge in [0.25, 0.3) is 0 Å². The molecule has 4 saturated carbocycles. The van der Waals surface area contributed by atoms with Gasteiger partial charge in [-0.25, -0.2) is 4.79 Å². The van der Waals surface area contributed by atoms with Gasteiger partial charge in [0.15, 0.2) is 0 Å². The summed E-state index contributed by atoms with van der Waals surface area (Å²) >= 11 is 0. The van der Waals surface area contributed by atoms with Gasteiger partial charge in [-0.15, -0.1) is 0 Å². The van der Waals surface area contributed by atoms with Crippen molar-refractivity contribution in [2.75, 3.05) is 6.61 Å². The number of benzene rings is 1. The standard InChI is InChI=1S/C35H46O9/c1-33-11-9-25(44-32(41)15-21(14-30(38)39)13-20-3-6-24(36)7-4-20)17-23(33)5-8-27-28(33)18-29(37)34(2)26(10-12-35(27,34)42)22-16-31(40)43-19-22/h3-4,6-7,16,21,23,25-29,36-37,42H,5,8-15,17-19H2,1-2H3,(H,38,39)/t21?,23-,25+,26-,27-,28+,29-,33+,34+,35?/m1/s1. The summed E-state index contributed by atoms with van der Waals surface area (Å²) in [6.45, 7) is 4.55. The number of esters is 2. The zero-order chi connectivity index (χ0) is 31.4. The first-order valence-corrected chi connectivity index (χ1v) is 16.3. The average Bonchev–Trinajstić information content (AvgIpc) is 3.51. The van der Waals surface area contributed by atoms with E-state index in [-0.39, 0.29) is 66.4 Å². The Morgan fingerprint density at radius 1 is 1.02 bits per heavy atom. The molecule has 9 nitrogen and oxygen atoms in total. The van der Waals surface area contributed by atoms with E-state index in [2.05, 4.69) is 6.92 Å². The number of carboxylic acid groups (broad SMARTS) is 1. The van der Waals surface area contributed by atoms with E-state index in [1.54, 1.807) is 30.3 Å². The normalized spacial score (nSPS) is 40.2. The van der Waals surface area contributed by atoms with Gasteiger partial charge in [-0.3, -0.25) is 9.59 Å². The Bertz CT molecular complexity index is 1320. The number of aliphatic hydroxyl groups excluding tert-OH is 1. The number of rotatable bonds is 8. The van der Waals surface area contributed by atoms with E-state index >= 15 is 0 Å². The molecule has 4 fully saturated rings. The van der Waals surface area contributed by atoms with Gasteiger partial charge in [0.05, 0.1) is 11.7 Å². The Kier molecular flexibility index (Phi) is 8.10. The summed E-state index contributed by atoms with van der Waals surface area (Å²) in [6.07, 6.45) is 6.84. The first-order valence-electron chi connectivity index (χ1n) is 16.3. The van der Waals surface area contributed by atoms with Crippen LogP contribution in [0.15, 0.2) is 35.9 Å². The second-order valence-corrected chi connectivity index (χ2v) is 14.8. The van der Waals surface area contributed by atoms with Gasteiger partial charge < -0.3 is 29.9 Å². The van der Waals surface area contributed by atoms with Crippen LogP contribution in [0, 0.1) is 40.4 Å². The van der Waals surface area contributed by atoms with Crippen molar-refractivity contribution >= 4 is 17.9 Å². The third-order valence-electron chi connectivity index (χ3n) is 12.7. The highest BCUT2D eigenvalue weighted by molar-refractivity contribution is 5.85. The molecule has 0 radical (unpaired) electrons. The van der Waals surface area contributed by atoms with Crippen molar-refractivity contribution in [1.82, 2.24) is 0 Å². The third kappa shape index (κ3) is 5.23. The van der Waals surface area contributed by atoms with Crippen molar-refractivity contribution in [2.45, 2.75) is 102 Å². The molecule has 0 spiro atoms. The van der Waals surface area contributed by atoms with E-state index in [1.807, 2.05) is 6.92 Å². The van der Waals surface area contributed by atoms with Crippen LogP contribution in [0.1, 0.15) is 83.6 Å². The van der Waals surface area contributed by atoms with Crippen LogP contribution in [0.5, 0.6) is 5.75 Å². The zero-order valence-electron chi connectivity index (χ0n) is 25.7. The summed E-state index contributed by atoms with van der Waals surface area (Å²) in [5, 5.41) is 43.2. The molecule has 4 aliphatic carbocycles. The van der Waals surface area contributed by atoms with Gasteiger partial charge in [-0.05, 0) is 116 Å². The molecule has 6 rings (SSSR count). The third-order valence-corrected chi connectivity index (χ3v) is 12.7. The highest BCUT2D eigenvalue weighted by Crippen LogP contribution is 2.70. The largest absolute Gasteiger partial charge is 0.508 e. The molecular weight excluding hydrogens is 564 g/mol. The molecule has 0 bridgehead atoms. The molecule has 5 aliphatic rings. The molecule has 1 aromatic carbocycles. The molecule has 240 valence electrons. The van der Waals surface area contributed by atoms with Crippen LogP contribution in [0.2, 0.25) is 0 Å². The molecular formula is C35H46O9. The molecule has 0 saturated heterocycles. The Hall–Kier alpha value is -2.91. The lowest BCUT2D eigenvalue weighted by molar-refractivity contribution is -0.245. The number of hydrogen-bond donors (Lipinski definition) is 4. The fraction of sp³-hybridized carbons (Fsp3) is 0.686. The smallest absolute Gasteiger partial charge is 0.331 e. The number of phenols is 1. The van der Waals surface area contributed by atoms with E-state index in [9.17, 15) is 34.8 Å². The predicted octanol–water partition coefficient (Wildman–Crippen LogP) is 4.56. The molecule has 10 atom stereocenters. The van der Waals surface area contributed by atoms with Crippen molar-refractivity contribution in [3.05, 3.63) is 41.5 Å². The van der Waals surface area contributed by atoms with Crippen molar-refractivity contribution in [2.24, 2.45) is 40.4 Å². The number of aliphatic carboxylic acids is 1. The first-order chi connectivity index (χ1) is 20.8. The minimum absolute atomic E-state index is 0.0162. The quantitative estimate of drug-likeness (QED) is 0.311. The average molecular weight is 611 g/mol. The van der Waals surface area contributed by atoms with Crippen molar-refractivity contribution < 1.29 is 44.3 Å². The minimum atomic E-state index is -1.03. The Morgan fingerprint density at radius 2 is 1.77 bits per heavy atom. The first kappa shape index (κ1) is 31.1. The summed E-state index contributed by atoms with van der Waals surface area (Å²) in [7, 11) is 0. The second kappa shape index (κ2) is 11.5. The van der Waals surface area contributed by atoms with E-state index in [0.717, 1.165) is 43.2 Å². The van der Waals surface area contributed by atoms with E-state index in [0.29, 0.717) is 31.6 Å². The molecule has 1 aromatic rings. The van der Waals surface area contributed by atoms with Gasteiger partial charge in [-0.2, -0.15) is 0 Å². The lowest BCUT2D eigenvalue weighted by Gasteiger charge is -2.65. The molecule has 9 heteroatoms. The number of aliphatic hydroxyl groups is 2. The van der Waals surface area contributed by atoms with Gasteiger partial charge in [0.1, 0.15) is 18.5 Å². The summed E-state index contributed by atoms with van der Waals surface area (Å²) < 4.78 is 11.2. The highest BCUT2D eigenvalue weighted by atomic mass is 16.5. The highest BCUT2D eigenvalue weighted by Gasteiger charge is 2.70. The van der Waals surface area contributed by atoms with E-state index in [1.165, 1.54) is 0 Å². The molecule has 0 aromatic heterocycles. The number of hydrogen-bond acceptors (Lipinski definition) is 8. The van der Waals surface area contributed by atoms with Crippen LogP contribution >= 0.6 is 0 Å². The SMILES string of the molecule is C[C@]12CC[C@H](OC(=O)CC(CC(=O)O)Cc3ccc(O)cc3)C[C@H]1CC[C@@H]1[C@@H]2C[C@@H](O)[C@]2(C)[C@@H](C3=CC(=O)OC3)CCC12O. The molecule has 44 heavy (non-hydrogen) atoms. The van der Waals surface area contributed by atoms with Crippen LogP contribution in [0.25, 0.3) is 0 Å². The topological polar surface area (TPSA) is 151 Å². The number of fused-ring (bicyclic) bond motifs is 5. The number of carbonyl (C=O) groups is 3. The number of ether oxygens (including phenoxy) is 2. The van der Waals surface area contributed by atoms with Gasteiger partial charge >= 0.3 is 17.9 Å². The Labute approximate surface area is 258 Å². The van der Waals surface area contributed by atoms with Crippen LogP contribution in [0.3, 0.4) is 0 Å². The lowest BCUT2D eigenvalue weighted by atomic mass is 9.42. The number of cyclic esters (lactones) is 1. The molecule has 1 aliphatic heterocycles. The Morgan fingerprint density at radius 3 is 2.45 bits per heavy atom. The fourth-order valence-corrected chi connectivity index (χ4v) is 10.4. The minimum Gasteiger partial charge on any atom is -0.508 e. The maximum absolute atomic E-state index is 13.1. The van der Waals surface area contributed by atoms with E-state index in [4.69, 9.17) is 9.47 Å². The zero-order valence-corrected chi connectivity index (χ0v) is 25.7. The molecule has 1 heterocycles. The lowest BCUT2D eigenvalue weighted by Crippen LogP contribution is -2.67. The van der Waals surface area contributed by atoms with Crippen molar-refractivity contribution in [3.8, 4) is 5.75 Å². The van der Waals surface area contributed by atoms with Crippen LogP contribution < -0.4 is 0 Å². The summed E-state index contributed by atoms with van der Waals surface area (Å²) in [5.41, 5.74) is -0.119. The molecule has 4 N–H and O–H groups in total. The fourth-order valence-electron chi connectivity index (χ4n) is 10.4. The number of phenolic OH excluding ortho intramolecular Hbond substituents is 1. The van der Waals surface area contributed by atoms with Crippen molar-refractivity contribution in [1.29, 1.82) is 0 Å². The second-order valence-electron chi connectivity index (χ2n) is 14.8.